The van der Waals surface area contributed by atoms with Crippen LogP contribution in [0.5, 0.6) is 5.75 Å². The van der Waals surface area contributed by atoms with Gasteiger partial charge in [0.25, 0.3) is 0 Å². The first kappa shape index (κ1) is 16.3. The molecule has 1 saturated heterocycles. The van der Waals surface area contributed by atoms with Crippen LogP contribution in [0, 0.1) is 5.92 Å². The molecule has 1 atom stereocenters. The minimum Gasteiger partial charge on any atom is -0.494 e. The number of aromatic nitrogens is 1. The Balaban J connectivity index is 1.91. The highest BCUT2D eigenvalue weighted by molar-refractivity contribution is 7.22. The molecule has 0 bridgehead atoms. The van der Waals surface area contributed by atoms with E-state index in [9.17, 15) is 4.79 Å². The van der Waals surface area contributed by atoms with Crippen molar-refractivity contribution in [3.63, 3.8) is 0 Å². The van der Waals surface area contributed by atoms with Gasteiger partial charge in [0.2, 0.25) is 5.91 Å². The molecule has 0 aliphatic carbocycles. The van der Waals surface area contributed by atoms with Crippen LogP contribution in [0.1, 0.15) is 12.8 Å². The van der Waals surface area contributed by atoms with Gasteiger partial charge in [0.15, 0.2) is 5.13 Å². The topological polar surface area (TPSA) is 45.7 Å². The molecule has 2 aromatic rings. The molecule has 0 spiro atoms. The summed E-state index contributed by atoms with van der Waals surface area (Å²) in [4.78, 5) is 20.8. The Kier molecular flexibility index (Phi) is 4.64. The van der Waals surface area contributed by atoms with E-state index in [1.54, 1.807) is 23.3 Å². The molecule has 0 radical (unpaired) electrons. The second-order valence-corrected chi connectivity index (χ2v) is 7.33. The number of thiazole rings is 1. The lowest BCUT2D eigenvalue weighted by molar-refractivity contribution is -0.133. The van der Waals surface area contributed by atoms with E-state index in [4.69, 9.17) is 21.3 Å². The number of rotatable bonds is 3. The number of piperidine rings is 1. The summed E-state index contributed by atoms with van der Waals surface area (Å²) in [7, 11) is 5.25. The van der Waals surface area contributed by atoms with Crippen LogP contribution >= 0.6 is 22.9 Å². The zero-order valence-electron chi connectivity index (χ0n) is 13.5. The number of benzene rings is 1. The van der Waals surface area contributed by atoms with Crippen LogP contribution in [0.15, 0.2) is 12.1 Å². The van der Waals surface area contributed by atoms with E-state index in [0.29, 0.717) is 11.6 Å². The number of nitrogens with zero attached hydrogens (tertiary/aromatic N) is 3. The van der Waals surface area contributed by atoms with Crippen LogP contribution in [-0.4, -0.2) is 50.1 Å². The van der Waals surface area contributed by atoms with Gasteiger partial charge in [-0.1, -0.05) is 22.9 Å². The van der Waals surface area contributed by atoms with Crippen LogP contribution < -0.4 is 9.64 Å². The summed E-state index contributed by atoms with van der Waals surface area (Å²) in [5.41, 5.74) is 0.793. The van der Waals surface area contributed by atoms with Crippen LogP contribution in [0.2, 0.25) is 5.02 Å². The Morgan fingerprint density at radius 1 is 1.48 bits per heavy atom. The maximum atomic E-state index is 12.2. The van der Waals surface area contributed by atoms with Gasteiger partial charge in [-0.15, -0.1) is 0 Å². The van der Waals surface area contributed by atoms with E-state index in [2.05, 4.69) is 4.90 Å². The average molecular weight is 354 g/mol. The smallest absolute Gasteiger partial charge is 0.226 e. The molecular weight excluding hydrogens is 334 g/mol. The molecule has 2 heterocycles. The molecule has 1 unspecified atom stereocenters. The average Bonchev–Trinajstić information content (AvgIpc) is 3.01. The fourth-order valence-corrected chi connectivity index (χ4v) is 4.25. The van der Waals surface area contributed by atoms with Crippen molar-refractivity contribution in [2.45, 2.75) is 12.8 Å². The van der Waals surface area contributed by atoms with Gasteiger partial charge >= 0.3 is 0 Å². The molecule has 7 heteroatoms. The predicted molar refractivity (Wildman–Crippen MR) is 94.8 cm³/mol. The molecular formula is C16H20ClN3O2S. The van der Waals surface area contributed by atoms with Crippen molar-refractivity contribution in [1.82, 2.24) is 9.88 Å². The van der Waals surface area contributed by atoms with Crippen molar-refractivity contribution in [3.8, 4) is 5.75 Å². The summed E-state index contributed by atoms with van der Waals surface area (Å²) in [6, 6.07) is 3.67. The molecule has 0 N–H and O–H groups in total. The van der Waals surface area contributed by atoms with Crippen molar-refractivity contribution in [3.05, 3.63) is 17.2 Å². The van der Waals surface area contributed by atoms with Gasteiger partial charge in [-0.05, 0) is 25.0 Å². The second kappa shape index (κ2) is 6.53. The summed E-state index contributed by atoms with van der Waals surface area (Å²) in [6.07, 6.45) is 1.92. The van der Waals surface area contributed by atoms with E-state index < -0.39 is 0 Å². The van der Waals surface area contributed by atoms with Crippen LogP contribution in [0.4, 0.5) is 5.13 Å². The SMILES string of the molecule is COc1ccc(Cl)c2sc(N3CCCC(C(=O)N(C)C)C3)nc12. The number of anilines is 1. The fraction of sp³-hybridized carbons (Fsp3) is 0.500. The van der Waals surface area contributed by atoms with Gasteiger partial charge in [0, 0.05) is 27.2 Å². The lowest BCUT2D eigenvalue weighted by Crippen LogP contribution is -2.42. The first-order valence-corrected chi connectivity index (χ1v) is 8.80. The third-order valence-electron chi connectivity index (χ3n) is 4.15. The summed E-state index contributed by atoms with van der Waals surface area (Å²) in [6.45, 7) is 1.62. The summed E-state index contributed by atoms with van der Waals surface area (Å²) in [5, 5.41) is 1.59. The molecule has 1 fully saturated rings. The third kappa shape index (κ3) is 3.10. The molecule has 1 aliphatic heterocycles. The summed E-state index contributed by atoms with van der Waals surface area (Å²) in [5.74, 6) is 0.944. The van der Waals surface area contributed by atoms with Crippen LogP contribution in [-0.2, 0) is 4.79 Å². The largest absolute Gasteiger partial charge is 0.494 e. The molecule has 1 aromatic carbocycles. The van der Waals surface area contributed by atoms with Crippen molar-refractivity contribution in [1.29, 1.82) is 0 Å². The van der Waals surface area contributed by atoms with E-state index >= 15 is 0 Å². The molecule has 5 nitrogen and oxygen atoms in total. The second-order valence-electron chi connectivity index (χ2n) is 5.94. The molecule has 23 heavy (non-hydrogen) atoms. The number of carbonyl (C=O) groups is 1. The highest BCUT2D eigenvalue weighted by Crippen LogP contribution is 2.39. The molecule has 3 rings (SSSR count). The van der Waals surface area contributed by atoms with Gasteiger partial charge < -0.3 is 14.5 Å². The Labute approximate surface area is 144 Å². The van der Waals surface area contributed by atoms with E-state index in [1.807, 2.05) is 26.2 Å². The van der Waals surface area contributed by atoms with Gasteiger partial charge in [-0.3, -0.25) is 4.79 Å². The third-order valence-corrected chi connectivity index (χ3v) is 5.73. The first-order valence-electron chi connectivity index (χ1n) is 7.60. The molecule has 1 aromatic heterocycles. The Bertz CT molecular complexity index is 731. The minimum absolute atomic E-state index is 0.0307. The van der Waals surface area contributed by atoms with Crippen LogP contribution in [0.3, 0.4) is 0 Å². The van der Waals surface area contributed by atoms with Gasteiger partial charge in [0.05, 0.1) is 22.8 Å². The lowest BCUT2D eigenvalue weighted by atomic mass is 9.97. The molecule has 1 aliphatic rings. The molecule has 1 amide bonds. The summed E-state index contributed by atoms with van der Waals surface area (Å²) < 4.78 is 6.31. The number of amides is 1. The Morgan fingerprint density at radius 3 is 2.96 bits per heavy atom. The Morgan fingerprint density at radius 2 is 2.26 bits per heavy atom. The predicted octanol–water partition coefficient (Wildman–Crippen LogP) is 3.26. The number of methoxy groups -OCH3 is 1. The first-order chi connectivity index (χ1) is 11.0. The van der Waals surface area contributed by atoms with E-state index in [-0.39, 0.29) is 11.8 Å². The van der Waals surface area contributed by atoms with Gasteiger partial charge in [-0.2, -0.15) is 0 Å². The standard InChI is InChI=1S/C16H20ClN3O2S/c1-19(2)15(21)10-5-4-8-20(9-10)16-18-13-12(22-3)7-6-11(17)14(13)23-16/h6-7,10H,4-5,8-9H2,1-3H3. The van der Waals surface area contributed by atoms with Gasteiger partial charge in [0.1, 0.15) is 11.3 Å². The molecule has 0 saturated carbocycles. The number of ether oxygens (including phenoxy) is 1. The normalized spacial score (nSPS) is 18.3. The summed E-state index contributed by atoms with van der Waals surface area (Å²) >= 11 is 7.85. The van der Waals surface area contributed by atoms with E-state index in [0.717, 1.165) is 40.5 Å². The quantitative estimate of drug-likeness (QED) is 0.849. The van der Waals surface area contributed by atoms with Crippen LogP contribution in [0.25, 0.3) is 10.2 Å². The van der Waals surface area contributed by atoms with Crippen molar-refractivity contribution in [2.24, 2.45) is 5.92 Å². The number of carbonyl (C=O) groups excluding carboxylic acids is 1. The maximum absolute atomic E-state index is 12.2. The highest BCUT2D eigenvalue weighted by atomic mass is 35.5. The zero-order valence-corrected chi connectivity index (χ0v) is 15.1. The lowest BCUT2D eigenvalue weighted by Gasteiger charge is -2.32. The maximum Gasteiger partial charge on any atom is 0.226 e. The van der Waals surface area contributed by atoms with Crippen molar-refractivity contribution in [2.75, 3.05) is 39.2 Å². The number of hydrogen-bond donors (Lipinski definition) is 0. The fourth-order valence-electron chi connectivity index (χ4n) is 2.96. The number of halogens is 1. The number of fused-ring (bicyclic) bond motifs is 1. The number of hydrogen-bond acceptors (Lipinski definition) is 5. The Hall–Kier alpha value is -1.53. The highest BCUT2D eigenvalue weighted by Gasteiger charge is 2.28. The zero-order chi connectivity index (χ0) is 16.6. The molecule has 124 valence electrons. The minimum atomic E-state index is 0.0307. The van der Waals surface area contributed by atoms with Gasteiger partial charge in [-0.25, -0.2) is 4.98 Å². The monoisotopic (exact) mass is 353 g/mol. The van der Waals surface area contributed by atoms with Crippen molar-refractivity contribution >= 4 is 44.2 Å². The van der Waals surface area contributed by atoms with E-state index in [1.165, 1.54) is 0 Å². The van der Waals surface area contributed by atoms with Crippen molar-refractivity contribution < 1.29 is 9.53 Å².